The lowest BCUT2D eigenvalue weighted by atomic mass is 10.2. The van der Waals surface area contributed by atoms with Crippen molar-refractivity contribution in [3.05, 3.63) is 42.2 Å². The highest BCUT2D eigenvalue weighted by Crippen LogP contribution is 2.29. The standard InChI is InChI=1S/C14H11N3O3/c1-20-10-5-4-9(14(18)19)11-12(10)17-13(16-11)8-3-2-6-15-7-8/h2-7H,1H3,(H,16,17)(H,18,19). The summed E-state index contributed by atoms with van der Waals surface area (Å²) in [5.41, 5.74) is 1.87. The van der Waals surface area contributed by atoms with Gasteiger partial charge in [-0.3, -0.25) is 4.98 Å². The molecule has 0 aliphatic heterocycles. The maximum Gasteiger partial charge on any atom is 0.337 e. The van der Waals surface area contributed by atoms with E-state index >= 15 is 0 Å². The topological polar surface area (TPSA) is 88.1 Å². The maximum atomic E-state index is 11.3. The molecule has 0 aliphatic carbocycles. The van der Waals surface area contributed by atoms with E-state index in [1.54, 1.807) is 24.5 Å². The first-order chi connectivity index (χ1) is 9.70. The minimum Gasteiger partial charge on any atom is -0.494 e. The predicted octanol–water partition coefficient (Wildman–Crippen LogP) is 2.33. The quantitative estimate of drug-likeness (QED) is 0.761. The molecular weight excluding hydrogens is 258 g/mol. The highest BCUT2D eigenvalue weighted by Gasteiger charge is 2.16. The van der Waals surface area contributed by atoms with E-state index in [1.165, 1.54) is 13.2 Å². The SMILES string of the molecule is COc1ccc(C(=O)O)c2[nH]c(-c3cccnc3)nc12. The zero-order valence-electron chi connectivity index (χ0n) is 10.6. The summed E-state index contributed by atoms with van der Waals surface area (Å²) in [6, 6.07) is 6.73. The van der Waals surface area contributed by atoms with E-state index in [4.69, 9.17) is 4.74 Å². The molecule has 0 aliphatic rings. The zero-order chi connectivity index (χ0) is 14.1. The van der Waals surface area contributed by atoms with Crippen molar-refractivity contribution in [2.75, 3.05) is 7.11 Å². The smallest absolute Gasteiger partial charge is 0.337 e. The van der Waals surface area contributed by atoms with Crippen LogP contribution in [-0.4, -0.2) is 33.1 Å². The van der Waals surface area contributed by atoms with Crippen molar-refractivity contribution in [3.8, 4) is 17.1 Å². The van der Waals surface area contributed by atoms with E-state index in [2.05, 4.69) is 15.0 Å². The van der Waals surface area contributed by atoms with Crippen LogP contribution in [0.1, 0.15) is 10.4 Å². The summed E-state index contributed by atoms with van der Waals surface area (Å²) in [6.45, 7) is 0. The molecule has 0 bridgehead atoms. The van der Waals surface area contributed by atoms with Gasteiger partial charge in [0.1, 0.15) is 17.1 Å². The van der Waals surface area contributed by atoms with Crippen molar-refractivity contribution < 1.29 is 14.6 Å². The van der Waals surface area contributed by atoms with Gasteiger partial charge in [-0.05, 0) is 24.3 Å². The predicted molar refractivity (Wildman–Crippen MR) is 72.8 cm³/mol. The fourth-order valence-electron chi connectivity index (χ4n) is 2.05. The van der Waals surface area contributed by atoms with Crippen molar-refractivity contribution in [1.29, 1.82) is 0 Å². The molecule has 2 heterocycles. The third kappa shape index (κ3) is 1.87. The van der Waals surface area contributed by atoms with Gasteiger partial charge in [-0.25, -0.2) is 9.78 Å². The number of pyridine rings is 1. The minimum absolute atomic E-state index is 0.156. The molecule has 6 nitrogen and oxygen atoms in total. The number of carboxylic acid groups (broad SMARTS) is 1. The number of aromatic carboxylic acids is 1. The number of imidazole rings is 1. The van der Waals surface area contributed by atoms with Crippen LogP contribution in [0.15, 0.2) is 36.7 Å². The second kappa shape index (κ2) is 4.65. The van der Waals surface area contributed by atoms with Gasteiger partial charge in [0.15, 0.2) is 0 Å². The Bertz CT molecular complexity index is 781. The summed E-state index contributed by atoms with van der Waals surface area (Å²) in [4.78, 5) is 22.7. The Balaban J connectivity index is 2.28. The number of hydrogen-bond donors (Lipinski definition) is 2. The van der Waals surface area contributed by atoms with Gasteiger partial charge in [0, 0.05) is 18.0 Å². The molecule has 0 fully saturated rings. The fourth-order valence-corrected chi connectivity index (χ4v) is 2.05. The third-order valence-corrected chi connectivity index (χ3v) is 2.99. The summed E-state index contributed by atoms with van der Waals surface area (Å²) in [7, 11) is 1.52. The number of carbonyl (C=O) groups is 1. The molecule has 0 saturated carbocycles. The van der Waals surface area contributed by atoms with Crippen molar-refractivity contribution >= 4 is 17.0 Å². The number of rotatable bonds is 3. The number of carboxylic acids is 1. The Labute approximate surface area is 114 Å². The molecule has 20 heavy (non-hydrogen) atoms. The van der Waals surface area contributed by atoms with Crippen molar-refractivity contribution in [3.63, 3.8) is 0 Å². The molecular formula is C14H11N3O3. The number of H-pyrrole nitrogens is 1. The summed E-state index contributed by atoms with van der Waals surface area (Å²) in [5, 5.41) is 9.23. The number of nitrogens with one attached hydrogen (secondary N) is 1. The minimum atomic E-state index is -1.01. The van der Waals surface area contributed by atoms with Gasteiger partial charge in [0.2, 0.25) is 0 Å². The molecule has 2 N–H and O–H groups in total. The number of aromatic nitrogens is 3. The molecule has 6 heteroatoms. The van der Waals surface area contributed by atoms with Crippen LogP contribution < -0.4 is 4.74 Å². The van der Waals surface area contributed by atoms with E-state index in [0.717, 1.165) is 5.56 Å². The molecule has 3 aromatic rings. The number of nitrogens with zero attached hydrogens (tertiary/aromatic N) is 2. The van der Waals surface area contributed by atoms with Crippen LogP contribution >= 0.6 is 0 Å². The largest absolute Gasteiger partial charge is 0.494 e. The van der Waals surface area contributed by atoms with E-state index in [-0.39, 0.29) is 5.56 Å². The van der Waals surface area contributed by atoms with E-state index in [0.29, 0.717) is 22.6 Å². The van der Waals surface area contributed by atoms with Gasteiger partial charge in [-0.1, -0.05) is 0 Å². The monoisotopic (exact) mass is 269 g/mol. The van der Waals surface area contributed by atoms with E-state index in [9.17, 15) is 9.90 Å². The highest BCUT2D eigenvalue weighted by atomic mass is 16.5. The first kappa shape index (κ1) is 12.2. The van der Waals surface area contributed by atoms with Crippen LogP contribution in [0.25, 0.3) is 22.4 Å². The molecule has 100 valence electrons. The van der Waals surface area contributed by atoms with E-state index < -0.39 is 5.97 Å². The van der Waals surface area contributed by atoms with Crippen LogP contribution in [-0.2, 0) is 0 Å². The molecule has 2 aromatic heterocycles. The zero-order valence-corrected chi connectivity index (χ0v) is 10.6. The number of aromatic amines is 1. The van der Waals surface area contributed by atoms with Gasteiger partial charge in [0.05, 0.1) is 18.2 Å². The molecule has 0 atom stereocenters. The number of ether oxygens (including phenoxy) is 1. The van der Waals surface area contributed by atoms with Crippen LogP contribution in [0, 0.1) is 0 Å². The number of hydrogen-bond acceptors (Lipinski definition) is 4. The Kier molecular flexibility index (Phi) is 2.83. The molecule has 0 radical (unpaired) electrons. The first-order valence-electron chi connectivity index (χ1n) is 5.91. The van der Waals surface area contributed by atoms with Crippen LogP contribution in [0.3, 0.4) is 0 Å². The number of benzene rings is 1. The van der Waals surface area contributed by atoms with Gasteiger partial charge in [0.25, 0.3) is 0 Å². The summed E-state index contributed by atoms with van der Waals surface area (Å²) in [5.74, 6) is 0.0653. The molecule has 0 spiro atoms. The van der Waals surface area contributed by atoms with Crippen molar-refractivity contribution in [2.24, 2.45) is 0 Å². The second-order valence-corrected chi connectivity index (χ2v) is 4.17. The second-order valence-electron chi connectivity index (χ2n) is 4.17. The van der Waals surface area contributed by atoms with Crippen LogP contribution in [0.2, 0.25) is 0 Å². The summed E-state index contributed by atoms with van der Waals surface area (Å²) < 4.78 is 5.22. The lowest BCUT2D eigenvalue weighted by Gasteiger charge is -2.01. The number of methoxy groups -OCH3 is 1. The van der Waals surface area contributed by atoms with Gasteiger partial charge in [-0.15, -0.1) is 0 Å². The van der Waals surface area contributed by atoms with Crippen LogP contribution in [0.5, 0.6) is 5.75 Å². The number of fused-ring (bicyclic) bond motifs is 1. The molecule has 0 amide bonds. The van der Waals surface area contributed by atoms with Crippen LogP contribution in [0.4, 0.5) is 0 Å². The molecule has 1 aromatic carbocycles. The molecule has 0 unspecified atom stereocenters. The Morgan fingerprint density at radius 2 is 2.20 bits per heavy atom. The average Bonchev–Trinajstić information content (AvgIpc) is 2.91. The normalized spacial score (nSPS) is 10.7. The van der Waals surface area contributed by atoms with Gasteiger partial charge >= 0.3 is 5.97 Å². The Morgan fingerprint density at radius 1 is 1.35 bits per heavy atom. The molecule has 3 rings (SSSR count). The summed E-state index contributed by atoms with van der Waals surface area (Å²) >= 11 is 0. The average molecular weight is 269 g/mol. The Hall–Kier alpha value is -2.89. The fraction of sp³-hybridized carbons (Fsp3) is 0.0714. The highest BCUT2D eigenvalue weighted by molar-refractivity contribution is 6.03. The molecule has 0 saturated heterocycles. The lowest BCUT2D eigenvalue weighted by molar-refractivity contribution is 0.0699. The third-order valence-electron chi connectivity index (χ3n) is 2.99. The van der Waals surface area contributed by atoms with Crippen molar-refractivity contribution in [2.45, 2.75) is 0 Å². The van der Waals surface area contributed by atoms with E-state index in [1.807, 2.05) is 6.07 Å². The van der Waals surface area contributed by atoms with Gasteiger partial charge < -0.3 is 14.8 Å². The first-order valence-corrected chi connectivity index (χ1v) is 5.91. The maximum absolute atomic E-state index is 11.3. The lowest BCUT2D eigenvalue weighted by Crippen LogP contribution is -1.98. The van der Waals surface area contributed by atoms with Crippen molar-refractivity contribution in [1.82, 2.24) is 15.0 Å². The summed E-state index contributed by atoms with van der Waals surface area (Å²) in [6.07, 6.45) is 3.32. The van der Waals surface area contributed by atoms with Gasteiger partial charge in [-0.2, -0.15) is 0 Å². The Morgan fingerprint density at radius 3 is 2.85 bits per heavy atom.